The minimum atomic E-state index is 0.141. The van der Waals surface area contributed by atoms with Crippen LogP contribution in [-0.2, 0) is 6.42 Å². The maximum Gasteiger partial charge on any atom is 0.168 e. The molecule has 4 nitrogen and oxygen atoms in total. The summed E-state index contributed by atoms with van der Waals surface area (Å²) in [5.41, 5.74) is 3.48. The van der Waals surface area contributed by atoms with Crippen molar-refractivity contribution in [2.24, 2.45) is 5.92 Å². The SMILES string of the molecule is CC1CC(=O)c2c(Nc3ccc4ccccc4c3)nn(-c3ccc(Cl)cc3)c2C1. The molecule has 0 fully saturated rings. The van der Waals surface area contributed by atoms with Crippen LogP contribution in [0.5, 0.6) is 0 Å². The van der Waals surface area contributed by atoms with E-state index in [2.05, 4.69) is 36.5 Å². The zero-order chi connectivity index (χ0) is 20.0. The first kappa shape index (κ1) is 18.0. The Labute approximate surface area is 174 Å². The minimum Gasteiger partial charge on any atom is -0.338 e. The van der Waals surface area contributed by atoms with E-state index in [9.17, 15) is 4.79 Å². The Kier molecular flexibility index (Phi) is 4.36. The molecule has 1 aromatic heterocycles. The third-order valence-electron chi connectivity index (χ3n) is 5.42. The molecular weight excluding hydrogens is 382 g/mol. The van der Waals surface area contributed by atoms with E-state index in [0.29, 0.717) is 28.7 Å². The van der Waals surface area contributed by atoms with Crippen LogP contribution in [0.4, 0.5) is 11.5 Å². The van der Waals surface area contributed by atoms with Crippen molar-refractivity contribution in [1.82, 2.24) is 9.78 Å². The van der Waals surface area contributed by atoms with Crippen LogP contribution < -0.4 is 5.32 Å². The van der Waals surface area contributed by atoms with Crippen LogP contribution in [0.2, 0.25) is 5.02 Å². The number of Topliss-reactive ketones (excluding diaryl/α,β-unsaturated/α-hetero) is 1. The van der Waals surface area contributed by atoms with Gasteiger partial charge in [0.05, 0.1) is 16.9 Å². The first-order chi connectivity index (χ1) is 14.1. The molecular formula is C24H20ClN3O. The van der Waals surface area contributed by atoms with Crippen molar-refractivity contribution in [1.29, 1.82) is 0 Å². The summed E-state index contributed by atoms with van der Waals surface area (Å²) in [5.74, 6) is 1.05. The van der Waals surface area contributed by atoms with Crippen molar-refractivity contribution in [2.45, 2.75) is 19.8 Å². The van der Waals surface area contributed by atoms with Gasteiger partial charge in [-0.25, -0.2) is 4.68 Å². The van der Waals surface area contributed by atoms with Gasteiger partial charge in [0.15, 0.2) is 11.6 Å². The lowest BCUT2D eigenvalue weighted by molar-refractivity contribution is 0.0953. The monoisotopic (exact) mass is 401 g/mol. The van der Waals surface area contributed by atoms with Crippen LogP contribution >= 0.6 is 11.6 Å². The van der Waals surface area contributed by atoms with Gasteiger partial charge in [0.2, 0.25) is 0 Å². The fraction of sp³-hybridized carbons (Fsp3) is 0.167. The molecule has 1 aliphatic rings. The Morgan fingerprint density at radius 3 is 2.55 bits per heavy atom. The zero-order valence-electron chi connectivity index (χ0n) is 16.0. The van der Waals surface area contributed by atoms with Gasteiger partial charge >= 0.3 is 0 Å². The Morgan fingerprint density at radius 1 is 1.00 bits per heavy atom. The van der Waals surface area contributed by atoms with Crippen LogP contribution in [-0.4, -0.2) is 15.6 Å². The van der Waals surface area contributed by atoms with Crippen LogP contribution in [0.15, 0.2) is 66.7 Å². The van der Waals surface area contributed by atoms with Crippen molar-refractivity contribution in [3.63, 3.8) is 0 Å². The lowest BCUT2D eigenvalue weighted by Crippen LogP contribution is -2.19. The molecule has 0 amide bonds. The van der Waals surface area contributed by atoms with Gasteiger partial charge in [0.25, 0.3) is 0 Å². The van der Waals surface area contributed by atoms with E-state index in [4.69, 9.17) is 16.7 Å². The van der Waals surface area contributed by atoms with E-state index in [-0.39, 0.29) is 5.78 Å². The molecule has 144 valence electrons. The number of hydrogen-bond acceptors (Lipinski definition) is 3. The summed E-state index contributed by atoms with van der Waals surface area (Å²) in [6.07, 6.45) is 1.36. The number of benzene rings is 3. The number of carbonyl (C=O) groups is 1. The average molecular weight is 402 g/mol. The summed E-state index contributed by atoms with van der Waals surface area (Å²) in [6, 6.07) is 21.9. The van der Waals surface area contributed by atoms with E-state index < -0.39 is 0 Å². The summed E-state index contributed by atoms with van der Waals surface area (Å²) in [4.78, 5) is 12.9. The molecule has 5 rings (SSSR count). The summed E-state index contributed by atoms with van der Waals surface area (Å²) in [7, 11) is 0. The molecule has 29 heavy (non-hydrogen) atoms. The number of halogens is 1. The van der Waals surface area contributed by atoms with Crippen molar-refractivity contribution in [3.05, 3.63) is 83.0 Å². The second-order valence-corrected chi connectivity index (χ2v) is 8.12. The molecule has 0 radical (unpaired) electrons. The molecule has 4 aromatic rings. The van der Waals surface area contributed by atoms with Crippen LogP contribution in [0.1, 0.15) is 29.4 Å². The van der Waals surface area contributed by atoms with Gasteiger partial charge in [-0.1, -0.05) is 48.9 Å². The number of anilines is 2. The maximum absolute atomic E-state index is 12.9. The number of carbonyl (C=O) groups excluding carboxylic acids is 1. The number of aromatic nitrogens is 2. The Bertz CT molecular complexity index is 1230. The number of nitrogens with one attached hydrogen (secondary N) is 1. The highest BCUT2D eigenvalue weighted by molar-refractivity contribution is 6.30. The molecule has 0 spiro atoms. The van der Waals surface area contributed by atoms with Gasteiger partial charge in [-0.15, -0.1) is 5.10 Å². The first-order valence-corrected chi connectivity index (χ1v) is 10.1. The van der Waals surface area contributed by atoms with Crippen LogP contribution in [0, 0.1) is 5.92 Å². The molecule has 0 saturated carbocycles. The van der Waals surface area contributed by atoms with Gasteiger partial charge in [-0.05, 0) is 59.5 Å². The third kappa shape index (κ3) is 3.30. The predicted octanol–water partition coefficient (Wildman–Crippen LogP) is 6.19. The third-order valence-corrected chi connectivity index (χ3v) is 5.67. The predicted molar refractivity (Wildman–Crippen MR) is 118 cm³/mol. The van der Waals surface area contributed by atoms with Gasteiger partial charge in [-0.2, -0.15) is 0 Å². The molecule has 0 aliphatic heterocycles. The highest BCUT2D eigenvalue weighted by Crippen LogP contribution is 2.34. The smallest absolute Gasteiger partial charge is 0.168 e. The summed E-state index contributed by atoms with van der Waals surface area (Å²) < 4.78 is 1.88. The van der Waals surface area contributed by atoms with E-state index in [1.807, 2.05) is 47.1 Å². The Balaban J connectivity index is 1.61. The highest BCUT2D eigenvalue weighted by atomic mass is 35.5. The summed E-state index contributed by atoms with van der Waals surface area (Å²) >= 11 is 6.05. The number of fused-ring (bicyclic) bond motifs is 2. The van der Waals surface area contributed by atoms with E-state index in [1.54, 1.807) is 0 Å². The quantitative estimate of drug-likeness (QED) is 0.445. The Morgan fingerprint density at radius 2 is 1.76 bits per heavy atom. The number of nitrogens with zero attached hydrogens (tertiary/aromatic N) is 2. The number of ketones is 1. The molecule has 3 aromatic carbocycles. The standard InChI is InChI=1S/C24H20ClN3O/c1-15-12-21-23(22(29)13-15)24(27-28(21)20-10-7-18(25)8-11-20)26-19-9-6-16-4-2-3-5-17(16)14-19/h2-11,14-15H,12-13H2,1H3,(H,26,27). The van der Waals surface area contributed by atoms with Crippen molar-refractivity contribution in [3.8, 4) is 5.69 Å². The van der Waals surface area contributed by atoms with Gasteiger partial charge in [-0.3, -0.25) is 4.79 Å². The number of hydrogen-bond donors (Lipinski definition) is 1. The van der Waals surface area contributed by atoms with E-state index in [0.717, 1.165) is 28.9 Å². The molecule has 1 N–H and O–H groups in total. The zero-order valence-corrected chi connectivity index (χ0v) is 16.8. The average Bonchev–Trinajstić information content (AvgIpc) is 3.07. The molecule has 1 unspecified atom stereocenters. The molecule has 0 saturated heterocycles. The number of rotatable bonds is 3. The molecule has 1 atom stereocenters. The van der Waals surface area contributed by atoms with Crippen molar-refractivity contribution < 1.29 is 4.79 Å². The van der Waals surface area contributed by atoms with Crippen molar-refractivity contribution >= 4 is 39.7 Å². The Hall–Kier alpha value is -3.11. The van der Waals surface area contributed by atoms with Crippen LogP contribution in [0.3, 0.4) is 0 Å². The maximum atomic E-state index is 12.9. The molecule has 5 heteroatoms. The first-order valence-electron chi connectivity index (χ1n) is 9.75. The second kappa shape index (κ2) is 7.05. The molecule has 1 heterocycles. The minimum absolute atomic E-state index is 0.141. The second-order valence-electron chi connectivity index (χ2n) is 7.68. The van der Waals surface area contributed by atoms with E-state index >= 15 is 0 Å². The van der Waals surface area contributed by atoms with Gasteiger partial charge < -0.3 is 5.32 Å². The molecule has 1 aliphatic carbocycles. The fourth-order valence-corrected chi connectivity index (χ4v) is 4.17. The van der Waals surface area contributed by atoms with Gasteiger partial charge in [0, 0.05) is 17.1 Å². The highest BCUT2D eigenvalue weighted by Gasteiger charge is 2.31. The largest absolute Gasteiger partial charge is 0.338 e. The van der Waals surface area contributed by atoms with Crippen LogP contribution in [0.25, 0.3) is 16.5 Å². The normalized spacial score (nSPS) is 16.1. The van der Waals surface area contributed by atoms with Crippen molar-refractivity contribution in [2.75, 3.05) is 5.32 Å². The lowest BCUT2D eigenvalue weighted by atomic mass is 9.87. The van der Waals surface area contributed by atoms with Gasteiger partial charge in [0.1, 0.15) is 0 Å². The lowest BCUT2D eigenvalue weighted by Gasteiger charge is -2.19. The molecule has 0 bridgehead atoms. The topological polar surface area (TPSA) is 46.9 Å². The summed E-state index contributed by atoms with van der Waals surface area (Å²) in [6.45, 7) is 2.11. The van der Waals surface area contributed by atoms with E-state index in [1.165, 1.54) is 5.39 Å². The fourth-order valence-electron chi connectivity index (χ4n) is 4.04. The summed E-state index contributed by atoms with van der Waals surface area (Å²) in [5, 5.41) is 11.2.